The number of aliphatic hydroxyl groups is 1. The first-order valence-corrected chi connectivity index (χ1v) is 9.05. The molecule has 0 bridgehead atoms. The molecule has 0 fully saturated rings. The molecule has 0 heterocycles. The number of sulfone groups is 1. The summed E-state index contributed by atoms with van der Waals surface area (Å²) in [5, 5.41) is 8.59. The van der Waals surface area contributed by atoms with Gasteiger partial charge in [-0.2, -0.15) is 0 Å². The Hall–Kier alpha value is -0.960. The van der Waals surface area contributed by atoms with E-state index in [1.54, 1.807) is 0 Å². The van der Waals surface area contributed by atoms with Crippen molar-refractivity contribution in [3.8, 4) is 0 Å². The minimum atomic E-state index is -3.63. The molecule has 6 nitrogen and oxygen atoms in total. The van der Waals surface area contributed by atoms with E-state index in [4.69, 9.17) is 5.11 Å². The van der Waals surface area contributed by atoms with Gasteiger partial charge in [0.15, 0.2) is 9.84 Å². The minimum Gasteiger partial charge on any atom is -0.396 e. The van der Waals surface area contributed by atoms with E-state index in [1.165, 1.54) is 24.3 Å². The van der Waals surface area contributed by atoms with Gasteiger partial charge in [-0.1, -0.05) is 0 Å². The Morgan fingerprint density at radius 3 is 2.00 bits per heavy atom. The lowest BCUT2D eigenvalue weighted by molar-refractivity contribution is 0.285. The smallest absolute Gasteiger partial charge is 0.240 e. The van der Waals surface area contributed by atoms with E-state index in [1.807, 2.05) is 0 Å². The summed E-state index contributed by atoms with van der Waals surface area (Å²) in [6.45, 7) is 0.251. The fraction of sp³-hybridized carbons (Fsp3) is 0.455. The zero-order chi connectivity index (χ0) is 14.5. The summed E-state index contributed by atoms with van der Waals surface area (Å²) in [5.74, 6) is 0. The second-order valence-corrected chi connectivity index (χ2v) is 7.85. The molecule has 0 saturated heterocycles. The van der Waals surface area contributed by atoms with E-state index in [-0.39, 0.29) is 22.9 Å². The van der Waals surface area contributed by atoms with Gasteiger partial charge in [-0.25, -0.2) is 21.6 Å². The lowest BCUT2D eigenvalue weighted by Crippen LogP contribution is -2.25. The molecule has 0 radical (unpaired) electrons. The molecule has 2 N–H and O–H groups in total. The Kier molecular flexibility index (Phi) is 5.48. The van der Waals surface area contributed by atoms with Crippen LogP contribution >= 0.6 is 0 Å². The van der Waals surface area contributed by atoms with E-state index in [0.717, 1.165) is 6.26 Å². The van der Waals surface area contributed by atoms with Crippen LogP contribution in [-0.2, 0) is 19.9 Å². The van der Waals surface area contributed by atoms with Gasteiger partial charge in [0.25, 0.3) is 0 Å². The van der Waals surface area contributed by atoms with Crippen molar-refractivity contribution in [1.29, 1.82) is 0 Å². The van der Waals surface area contributed by atoms with Gasteiger partial charge in [-0.15, -0.1) is 0 Å². The third-order valence-corrected chi connectivity index (χ3v) is 5.04. The van der Waals surface area contributed by atoms with Crippen LogP contribution in [0.25, 0.3) is 0 Å². The van der Waals surface area contributed by atoms with Crippen LogP contribution in [0.4, 0.5) is 0 Å². The SMILES string of the molecule is CS(=O)(=O)c1ccc(S(=O)(=O)NCCCCO)cc1. The van der Waals surface area contributed by atoms with Gasteiger partial charge in [0, 0.05) is 19.4 Å². The lowest BCUT2D eigenvalue weighted by Gasteiger charge is -2.07. The highest BCUT2D eigenvalue weighted by molar-refractivity contribution is 7.90. The molecule has 1 aromatic rings. The molecule has 0 amide bonds. The van der Waals surface area contributed by atoms with Crippen molar-refractivity contribution in [1.82, 2.24) is 4.72 Å². The van der Waals surface area contributed by atoms with E-state index < -0.39 is 19.9 Å². The maximum absolute atomic E-state index is 11.8. The van der Waals surface area contributed by atoms with Crippen molar-refractivity contribution in [3.05, 3.63) is 24.3 Å². The van der Waals surface area contributed by atoms with E-state index >= 15 is 0 Å². The number of unbranched alkanes of at least 4 members (excludes halogenated alkanes) is 1. The number of hydrogen-bond donors (Lipinski definition) is 2. The van der Waals surface area contributed by atoms with Gasteiger partial charge < -0.3 is 5.11 Å². The van der Waals surface area contributed by atoms with Crippen molar-refractivity contribution < 1.29 is 21.9 Å². The maximum Gasteiger partial charge on any atom is 0.240 e. The van der Waals surface area contributed by atoms with Crippen LogP contribution in [0.15, 0.2) is 34.1 Å². The molecule has 8 heteroatoms. The number of rotatable bonds is 7. The normalized spacial score (nSPS) is 12.5. The van der Waals surface area contributed by atoms with Gasteiger partial charge in [-0.05, 0) is 37.1 Å². The lowest BCUT2D eigenvalue weighted by atomic mass is 10.3. The molecular weight excluding hydrogens is 290 g/mol. The van der Waals surface area contributed by atoms with Crippen molar-refractivity contribution in [2.45, 2.75) is 22.6 Å². The van der Waals surface area contributed by atoms with Crippen molar-refractivity contribution in [3.63, 3.8) is 0 Å². The molecule has 0 aliphatic carbocycles. The fourth-order valence-corrected chi connectivity index (χ4v) is 3.10. The zero-order valence-corrected chi connectivity index (χ0v) is 12.2. The van der Waals surface area contributed by atoms with Crippen LogP contribution in [0.5, 0.6) is 0 Å². The highest BCUT2D eigenvalue weighted by atomic mass is 32.2. The molecule has 0 atom stereocenters. The van der Waals surface area contributed by atoms with E-state index in [9.17, 15) is 16.8 Å². The van der Waals surface area contributed by atoms with Crippen LogP contribution in [0.1, 0.15) is 12.8 Å². The molecule has 108 valence electrons. The third kappa shape index (κ3) is 4.90. The number of aliphatic hydroxyl groups excluding tert-OH is 1. The second kappa shape index (κ2) is 6.47. The molecule has 0 aliphatic rings. The van der Waals surface area contributed by atoms with Crippen molar-refractivity contribution in [2.75, 3.05) is 19.4 Å². The molecule has 1 aromatic carbocycles. The second-order valence-electron chi connectivity index (χ2n) is 4.07. The topological polar surface area (TPSA) is 101 Å². The molecule has 1 rings (SSSR count). The first-order chi connectivity index (χ1) is 8.77. The van der Waals surface area contributed by atoms with Crippen LogP contribution in [0.3, 0.4) is 0 Å². The minimum absolute atomic E-state index is 0.0175. The Balaban J connectivity index is 2.80. The van der Waals surface area contributed by atoms with Crippen molar-refractivity contribution in [2.24, 2.45) is 0 Å². The Morgan fingerprint density at radius 1 is 1.00 bits per heavy atom. The predicted molar refractivity (Wildman–Crippen MR) is 71.1 cm³/mol. The molecule has 0 unspecified atom stereocenters. The first kappa shape index (κ1) is 16.1. The zero-order valence-electron chi connectivity index (χ0n) is 10.5. The molecule has 0 aromatic heterocycles. The Bertz CT molecular complexity index is 605. The predicted octanol–water partition coefficient (Wildman–Crippen LogP) is 0.141. The van der Waals surface area contributed by atoms with Gasteiger partial charge in [-0.3, -0.25) is 0 Å². The standard InChI is InChI=1S/C11H17NO5S2/c1-18(14,15)10-4-6-11(7-5-10)19(16,17)12-8-2-3-9-13/h4-7,12-13H,2-3,8-9H2,1H3. The summed E-state index contributed by atoms with van der Waals surface area (Å²) in [6, 6.07) is 5.03. The third-order valence-electron chi connectivity index (χ3n) is 2.44. The molecule has 19 heavy (non-hydrogen) atoms. The monoisotopic (exact) mass is 307 g/mol. The summed E-state index contributed by atoms with van der Waals surface area (Å²) in [7, 11) is -6.96. The van der Waals surface area contributed by atoms with Crippen LogP contribution < -0.4 is 4.72 Å². The van der Waals surface area contributed by atoms with Gasteiger partial charge in [0.2, 0.25) is 10.0 Å². The fourth-order valence-electron chi connectivity index (χ4n) is 1.39. The van der Waals surface area contributed by atoms with Gasteiger partial charge in [0.1, 0.15) is 0 Å². The average Bonchev–Trinajstić information content (AvgIpc) is 2.34. The van der Waals surface area contributed by atoms with E-state index in [2.05, 4.69) is 4.72 Å². The number of nitrogens with one attached hydrogen (secondary N) is 1. The first-order valence-electron chi connectivity index (χ1n) is 5.68. The van der Waals surface area contributed by atoms with Gasteiger partial charge in [0.05, 0.1) is 9.79 Å². The maximum atomic E-state index is 11.8. The van der Waals surface area contributed by atoms with E-state index in [0.29, 0.717) is 12.8 Å². The largest absolute Gasteiger partial charge is 0.396 e. The quantitative estimate of drug-likeness (QED) is 0.698. The van der Waals surface area contributed by atoms with Crippen molar-refractivity contribution >= 4 is 19.9 Å². The Morgan fingerprint density at radius 2 is 1.53 bits per heavy atom. The van der Waals surface area contributed by atoms with Crippen LogP contribution in [0, 0.1) is 0 Å². The average molecular weight is 307 g/mol. The summed E-state index contributed by atoms with van der Waals surface area (Å²) < 4.78 is 48.5. The summed E-state index contributed by atoms with van der Waals surface area (Å²) >= 11 is 0. The van der Waals surface area contributed by atoms with Crippen LogP contribution in [-0.4, -0.2) is 41.3 Å². The Labute approximate surface area is 113 Å². The van der Waals surface area contributed by atoms with Crippen LogP contribution in [0.2, 0.25) is 0 Å². The number of sulfonamides is 1. The highest BCUT2D eigenvalue weighted by Gasteiger charge is 2.14. The molecule has 0 saturated carbocycles. The molecular formula is C11H17NO5S2. The number of benzene rings is 1. The summed E-state index contributed by atoms with van der Waals surface area (Å²) in [6.07, 6.45) is 2.12. The summed E-state index contributed by atoms with van der Waals surface area (Å²) in [4.78, 5) is 0.0932. The number of hydrogen-bond acceptors (Lipinski definition) is 5. The molecule has 0 spiro atoms. The summed E-state index contributed by atoms with van der Waals surface area (Å²) in [5.41, 5.74) is 0. The highest BCUT2D eigenvalue weighted by Crippen LogP contribution is 2.14. The molecule has 0 aliphatic heterocycles. The van der Waals surface area contributed by atoms with Gasteiger partial charge >= 0.3 is 0 Å².